The minimum atomic E-state index is -0.513. The summed E-state index contributed by atoms with van der Waals surface area (Å²) in [5.41, 5.74) is 0.609. The highest BCUT2D eigenvalue weighted by atomic mass is 35.5. The molecule has 1 N–H and O–H groups in total. The van der Waals surface area contributed by atoms with Gasteiger partial charge in [-0.2, -0.15) is 0 Å². The number of hydrogen-bond acceptors (Lipinski definition) is 5. The van der Waals surface area contributed by atoms with E-state index in [2.05, 4.69) is 10.1 Å². The first-order valence-corrected chi connectivity index (χ1v) is 7.91. The van der Waals surface area contributed by atoms with Gasteiger partial charge in [0, 0.05) is 0 Å². The third-order valence-electron chi connectivity index (χ3n) is 3.13. The van der Waals surface area contributed by atoms with Crippen molar-refractivity contribution in [3.63, 3.8) is 0 Å². The van der Waals surface area contributed by atoms with E-state index in [4.69, 9.17) is 21.1 Å². The molecule has 132 valence electrons. The monoisotopic (exact) mass is 363 g/mol. The number of para-hydroxylation sites is 1. The average Bonchev–Trinajstić information content (AvgIpc) is 2.63. The molecule has 0 fully saturated rings. The predicted octanol–water partition coefficient (Wildman–Crippen LogP) is 3.16. The van der Waals surface area contributed by atoms with E-state index in [9.17, 15) is 9.59 Å². The molecule has 0 aromatic heterocycles. The zero-order valence-corrected chi connectivity index (χ0v) is 14.4. The molecule has 0 saturated heterocycles. The van der Waals surface area contributed by atoms with Crippen LogP contribution in [0.15, 0.2) is 48.5 Å². The van der Waals surface area contributed by atoms with E-state index in [-0.39, 0.29) is 19.1 Å². The molecule has 0 aliphatic rings. The number of rotatable bonds is 8. The number of amides is 1. The normalized spacial score (nSPS) is 10.2. The molecule has 0 radical (unpaired) electrons. The number of carbonyl (C=O) groups excluding carboxylic acids is 2. The van der Waals surface area contributed by atoms with Crippen LogP contribution >= 0.6 is 11.6 Å². The van der Waals surface area contributed by atoms with Gasteiger partial charge in [0.25, 0.3) is 0 Å². The van der Waals surface area contributed by atoms with E-state index in [0.29, 0.717) is 22.9 Å². The Morgan fingerprint density at radius 1 is 1.08 bits per heavy atom. The van der Waals surface area contributed by atoms with Gasteiger partial charge in [0.1, 0.15) is 19.0 Å². The Hall–Kier alpha value is -2.57. The smallest absolute Gasteiger partial charge is 0.337 e. The second kappa shape index (κ2) is 9.66. The molecule has 0 heterocycles. The standard InChI is InChI=1S/C18H18ClNO5/c1-23-18(22)13-7-8-15(19)16(11-13)20-17(21)12-24-9-10-25-14-5-3-2-4-6-14/h2-8,11H,9-10,12H2,1H3,(H,20,21). The van der Waals surface area contributed by atoms with Crippen LogP contribution in [-0.4, -0.2) is 38.8 Å². The minimum Gasteiger partial charge on any atom is -0.491 e. The molecule has 0 atom stereocenters. The molecule has 0 aliphatic heterocycles. The van der Waals surface area contributed by atoms with E-state index in [1.165, 1.54) is 25.3 Å². The molecular weight excluding hydrogens is 346 g/mol. The van der Waals surface area contributed by atoms with Crippen LogP contribution in [0.2, 0.25) is 5.02 Å². The van der Waals surface area contributed by atoms with Gasteiger partial charge in [0.05, 0.1) is 30.0 Å². The van der Waals surface area contributed by atoms with Crippen molar-refractivity contribution in [2.45, 2.75) is 0 Å². The van der Waals surface area contributed by atoms with Crippen LogP contribution in [0, 0.1) is 0 Å². The highest BCUT2D eigenvalue weighted by Gasteiger charge is 2.11. The Kier molecular flexibility index (Phi) is 7.25. The maximum absolute atomic E-state index is 11.9. The molecule has 6 nitrogen and oxygen atoms in total. The Bertz CT molecular complexity index is 721. The molecule has 2 aromatic carbocycles. The van der Waals surface area contributed by atoms with Crippen molar-refractivity contribution < 1.29 is 23.8 Å². The summed E-state index contributed by atoms with van der Waals surface area (Å²) in [6, 6.07) is 13.8. The zero-order chi connectivity index (χ0) is 18.1. The lowest BCUT2D eigenvalue weighted by Crippen LogP contribution is -2.20. The Morgan fingerprint density at radius 2 is 1.84 bits per heavy atom. The number of carbonyl (C=O) groups is 2. The summed E-state index contributed by atoms with van der Waals surface area (Å²) >= 11 is 6.01. The maximum atomic E-state index is 11.9. The molecule has 25 heavy (non-hydrogen) atoms. The Morgan fingerprint density at radius 3 is 2.56 bits per heavy atom. The number of ether oxygens (including phenoxy) is 3. The number of anilines is 1. The van der Waals surface area contributed by atoms with Crippen molar-refractivity contribution in [1.29, 1.82) is 0 Å². The van der Waals surface area contributed by atoms with E-state index in [1.807, 2.05) is 30.3 Å². The molecule has 0 saturated carbocycles. The van der Waals surface area contributed by atoms with Crippen LogP contribution in [0.4, 0.5) is 5.69 Å². The quantitative estimate of drug-likeness (QED) is 0.576. The van der Waals surface area contributed by atoms with Crippen LogP contribution in [0.3, 0.4) is 0 Å². The molecule has 0 unspecified atom stereocenters. The molecular formula is C18H18ClNO5. The van der Waals surface area contributed by atoms with E-state index >= 15 is 0 Å². The summed E-state index contributed by atoms with van der Waals surface area (Å²) < 4.78 is 15.3. The Balaban J connectivity index is 1.75. The molecule has 0 aliphatic carbocycles. The fourth-order valence-corrected chi connectivity index (χ4v) is 2.12. The summed E-state index contributed by atoms with van der Waals surface area (Å²) in [4.78, 5) is 23.4. The van der Waals surface area contributed by atoms with E-state index in [1.54, 1.807) is 0 Å². The number of hydrogen-bond donors (Lipinski definition) is 1. The molecule has 1 amide bonds. The number of nitrogens with one attached hydrogen (secondary N) is 1. The highest BCUT2D eigenvalue weighted by Crippen LogP contribution is 2.23. The first-order valence-electron chi connectivity index (χ1n) is 7.53. The van der Waals surface area contributed by atoms with Crippen molar-refractivity contribution in [1.82, 2.24) is 0 Å². The van der Waals surface area contributed by atoms with Gasteiger partial charge in [-0.05, 0) is 30.3 Å². The fraction of sp³-hybridized carbons (Fsp3) is 0.222. The van der Waals surface area contributed by atoms with Crippen molar-refractivity contribution in [3.8, 4) is 5.75 Å². The van der Waals surface area contributed by atoms with Crippen molar-refractivity contribution >= 4 is 29.2 Å². The summed E-state index contributed by atoms with van der Waals surface area (Å²) in [6.07, 6.45) is 0. The van der Waals surface area contributed by atoms with Gasteiger partial charge in [-0.25, -0.2) is 4.79 Å². The second-order valence-electron chi connectivity index (χ2n) is 4.95. The summed E-state index contributed by atoms with van der Waals surface area (Å²) in [7, 11) is 1.28. The lowest BCUT2D eigenvalue weighted by atomic mass is 10.2. The summed E-state index contributed by atoms with van der Waals surface area (Å²) in [5.74, 6) is -0.160. The summed E-state index contributed by atoms with van der Waals surface area (Å²) in [5, 5.41) is 2.91. The van der Waals surface area contributed by atoms with Gasteiger partial charge in [-0.1, -0.05) is 29.8 Å². The third-order valence-corrected chi connectivity index (χ3v) is 3.46. The second-order valence-corrected chi connectivity index (χ2v) is 5.36. The molecule has 2 aromatic rings. The molecule has 7 heteroatoms. The topological polar surface area (TPSA) is 73.9 Å². The predicted molar refractivity (Wildman–Crippen MR) is 94.2 cm³/mol. The number of esters is 1. The Labute approximate surface area is 150 Å². The zero-order valence-electron chi connectivity index (χ0n) is 13.7. The number of benzene rings is 2. The fourth-order valence-electron chi connectivity index (χ4n) is 1.95. The highest BCUT2D eigenvalue weighted by molar-refractivity contribution is 6.33. The van der Waals surface area contributed by atoms with Crippen molar-refractivity contribution in [2.24, 2.45) is 0 Å². The summed E-state index contributed by atoms with van der Waals surface area (Å²) in [6.45, 7) is 0.436. The van der Waals surface area contributed by atoms with Gasteiger partial charge in [0.2, 0.25) is 5.91 Å². The first kappa shape index (κ1) is 18.8. The van der Waals surface area contributed by atoms with E-state index in [0.717, 1.165) is 5.75 Å². The number of methoxy groups -OCH3 is 1. The van der Waals surface area contributed by atoms with Crippen molar-refractivity contribution in [2.75, 3.05) is 32.2 Å². The molecule has 2 rings (SSSR count). The minimum absolute atomic E-state index is 0.156. The molecule has 0 bridgehead atoms. The van der Waals surface area contributed by atoms with Gasteiger partial charge in [0.15, 0.2) is 0 Å². The number of halogens is 1. The van der Waals surface area contributed by atoms with Gasteiger partial charge in [-0.15, -0.1) is 0 Å². The maximum Gasteiger partial charge on any atom is 0.337 e. The average molecular weight is 364 g/mol. The van der Waals surface area contributed by atoms with E-state index < -0.39 is 5.97 Å². The SMILES string of the molecule is COC(=O)c1ccc(Cl)c(NC(=O)COCCOc2ccccc2)c1. The van der Waals surface area contributed by atoms with Gasteiger partial charge in [-0.3, -0.25) is 4.79 Å². The van der Waals surface area contributed by atoms with Crippen molar-refractivity contribution in [3.05, 3.63) is 59.1 Å². The lowest BCUT2D eigenvalue weighted by molar-refractivity contribution is -0.120. The third kappa shape index (κ3) is 6.10. The van der Waals surface area contributed by atoms with Gasteiger partial charge < -0.3 is 19.5 Å². The van der Waals surface area contributed by atoms with Crippen LogP contribution < -0.4 is 10.1 Å². The van der Waals surface area contributed by atoms with Gasteiger partial charge >= 0.3 is 5.97 Å². The lowest BCUT2D eigenvalue weighted by Gasteiger charge is -2.10. The van der Waals surface area contributed by atoms with Crippen LogP contribution in [-0.2, 0) is 14.3 Å². The first-order chi connectivity index (χ1) is 12.1. The molecule has 0 spiro atoms. The van der Waals surface area contributed by atoms with Crippen LogP contribution in [0.1, 0.15) is 10.4 Å². The largest absolute Gasteiger partial charge is 0.491 e. The van der Waals surface area contributed by atoms with Crippen LogP contribution in [0.25, 0.3) is 0 Å². The van der Waals surface area contributed by atoms with Crippen LogP contribution in [0.5, 0.6) is 5.75 Å².